The summed E-state index contributed by atoms with van der Waals surface area (Å²) in [6, 6.07) is 0. The summed E-state index contributed by atoms with van der Waals surface area (Å²) in [5.41, 5.74) is -11.8. The predicted octanol–water partition coefficient (Wildman–Crippen LogP) is 8.35. The number of nitrogens with zero attached hydrogens (tertiary/aromatic N) is 8. The molecule has 8 nitrogen and oxygen atoms in total. The standard InChI is InChI=1S/C32F16N8.Ru/c33-9-1-2(10(34)18(42)17(9)41)26-49-25(1)53-27-3-4(12(36)20(44)19(43)11(3)35)29(50-27)55-31-7-8(16(40)24(48)23(47)15(7)39)32(52-31)56-30-6-5(28(51-30)54-26)13(37)21(45)22(46)14(6)38;/q-2;+2. The van der Waals surface area contributed by atoms with Crippen LogP contribution in [0.25, 0.3) is 89.7 Å². The average Bonchev–Trinajstić information content (AvgIpc) is 3.92. The van der Waals surface area contributed by atoms with Crippen molar-refractivity contribution in [1.29, 1.82) is 0 Å². The molecule has 0 saturated heterocycles. The maximum atomic E-state index is 15.4. The fraction of sp³-hybridized carbons (Fsp3) is 0. The maximum absolute atomic E-state index is 15.4. The molecule has 0 amide bonds. The van der Waals surface area contributed by atoms with Crippen LogP contribution in [0.1, 0.15) is 0 Å². The second-order valence-electron chi connectivity index (χ2n) is 11.5. The van der Waals surface area contributed by atoms with Gasteiger partial charge in [0, 0.05) is 44.1 Å². The Balaban J connectivity index is 0.00000455. The first kappa shape index (κ1) is 37.7. The van der Waals surface area contributed by atoms with E-state index in [9.17, 15) is 35.1 Å². The van der Waals surface area contributed by atoms with Gasteiger partial charge in [-0.15, -0.1) is 0 Å². The molecule has 288 valence electrons. The Kier molecular flexibility index (Phi) is 8.17. The van der Waals surface area contributed by atoms with Crippen LogP contribution in [0.3, 0.4) is 0 Å². The van der Waals surface area contributed by atoms with Gasteiger partial charge in [0.25, 0.3) is 0 Å². The van der Waals surface area contributed by atoms with E-state index < -0.39 is 183 Å². The van der Waals surface area contributed by atoms with Gasteiger partial charge in [0.1, 0.15) is 0 Å². The van der Waals surface area contributed by atoms with Crippen molar-refractivity contribution in [2.24, 2.45) is 0 Å². The molecule has 0 atom stereocenters. The molecule has 5 heterocycles. The van der Waals surface area contributed by atoms with Crippen LogP contribution in [0.15, 0.2) is 0 Å². The van der Waals surface area contributed by atoms with Crippen molar-refractivity contribution in [3.63, 3.8) is 0 Å². The van der Waals surface area contributed by atoms with Gasteiger partial charge in [-0.1, -0.05) is 0 Å². The molecule has 2 aliphatic rings. The number of hydrogen-bond acceptors (Lipinski definition) is 6. The zero-order valence-corrected chi connectivity index (χ0v) is 27.7. The minimum absolute atomic E-state index is 0. The van der Waals surface area contributed by atoms with E-state index in [1.807, 2.05) is 0 Å². The van der Waals surface area contributed by atoms with E-state index in [2.05, 4.69) is 39.9 Å². The van der Waals surface area contributed by atoms with Crippen molar-refractivity contribution in [3.05, 3.63) is 93.1 Å². The Morgan fingerprint density at radius 3 is 0.596 bits per heavy atom. The first-order chi connectivity index (χ1) is 26.4. The van der Waals surface area contributed by atoms with Gasteiger partial charge in [0.2, 0.25) is 0 Å². The Morgan fingerprint density at radius 1 is 0.228 bits per heavy atom. The number of halogens is 16. The first-order valence-electron chi connectivity index (χ1n) is 14.6. The zero-order chi connectivity index (χ0) is 40.1. The molecule has 7 aromatic rings. The number of aromatic nitrogens is 8. The first-order valence-corrected chi connectivity index (χ1v) is 14.6. The average molecular weight is 901 g/mol. The van der Waals surface area contributed by atoms with Gasteiger partial charge in [-0.2, -0.15) is 0 Å². The molecule has 3 aromatic heterocycles. The number of fused-ring (bicyclic) bond motifs is 20. The molecule has 0 N–H and O–H groups in total. The second kappa shape index (κ2) is 12.4. The third-order valence-corrected chi connectivity index (χ3v) is 8.55. The normalized spacial score (nSPS) is 12.1. The fourth-order valence-electron chi connectivity index (χ4n) is 6.10. The summed E-state index contributed by atoms with van der Waals surface area (Å²) in [4.78, 5) is 28.3. The van der Waals surface area contributed by atoms with Gasteiger partial charge >= 0.3 is 19.5 Å². The zero-order valence-electron chi connectivity index (χ0n) is 26.0. The van der Waals surface area contributed by atoms with E-state index >= 15 is 35.1 Å². The minimum atomic E-state index is -2.55. The maximum Gasteiger partial charge on any atom is 2.00 e. The third-order valence-electron chi connectivity index (χ3n) is 8.55. The topological polar surface area (TPSA) is 106 Å². The molecule has 4 aromatic carbocycles. The summed E-state index contributed by atoms with van der Waals surface area (Å²) in [7, 11) is 0. The van der Waals surface area contributed by atoms with E-state index in [0.29, 0.717) is 0 Å². The Morgan fingerprint density at radius 2 is 0.404 bits per heavy atom. The van der Waals surface area contributed by atoms with Crippen LogP contribution in [0, 0.1) is 93.1 Å². The molecule has 0 fully saturated rings. The van der Waals surface area contributed by atoms with Crippen LogP contribution in [0.5, 0.6) is 0 Å². The molecule has 0 aliphatic carbocycles. The van der Waals surface area contributed by atoms with Gasteiger partial charge in [-0.05, 0) is 0 Å². The Bertz CT molecular complexity index is 2820. The molecule has 2 aliphatic heterocycles. The van der Waals surface area contributed by atoms with Crippen molar-refractivity contribution >= 4 is 44.1 Å². The largest absolute Gasteiger partial charge is 2.00 e. The number of rotatable bonds is 0. The van der Waals surface area contributed by atoms with Crippen molar-refractivity contribution in [2.45, 2.75) is 0 Å². The molecule has 0 unspecified atom stereocenters. The van der Waals surface area contributed by atoms with E-state index in [1.165, 1.54) is 0 Å². The third kappa shape index (κ3) is 4.80. The van der Waals surface area contributed by atoms with Gasteiger partial charge in [0.15, 0.2) is 93.1 Å². The molecule has 8 bridgehead atoms. The predicted molar refractivity (Wildman–Crippen MR) is 153 cm³/mol. The van der Waals surface area contributed by atoms with E-state index in [0.717, 1.165) is 0 Å². The Hall–Kier alpha value is -6.26. The van der Waals surface area contributed by atoms with Gasteiger partial charge in [0.05, 0.1) is 45.6 Å². The summed E-state index contributed by atoms with van der Waals surface area (Å²) >= 11 is 0. The van der Waals surface area contributed by atoms with Crippen molar-refractivity contribution in [3.8, 4) is 45.6 Å². The number of hydrogen-bond donors (Lipinski definition) is 0. The van der Waals surface area contributed by atoms with Crippen LogP contribution < -0.4 is 9.97 Å². The molecule has 57 heavy (non-hydrogen) atoms. The van der Waals surface area contributed by atoms with Crippen LogP contribution in [0.4, 0.5) is 70.2 Å². The van der Waals surface area contributed by atoms with Crippen LogP contribution in [-0.4, -0.2) is 29.9 Å². The van der Waals surface area contributed by atoms with Crippen LogP contribution >= 0.6 is 0 Å². The minimum Gasteiger partial charge on any atom is -0.357 e. The summed E-state index contributed by atoms with van der Waals surface area (Å²) in [5, 5.41) is -6.07. The van der Waals surface area contributed by atoms with Crippen molar-refractivity contribution in [1.82, 2.24) is 39.9 Å². The molecule has 9 rings (SSSR count). The smallest absolute Gasteiger partial charge is 0.357 e. The molecule has 0 saturated carbocycles. The van der Waals surface area contributed by atoms with Gasteiger partial charge < -0.3 is 29.9 Å². The Labute approximate surface area is 312 Å². The van der Waals surface area contributed by atoms with Gasteiger partial charge in [-0.25, -0.2) is 80.2 Å². The van der Waals surface area contributed by atoms with E-state index in [4.69, 9.17) is 0 Å². The molecule has 0 radical (unpaired) electrons. The quantitative estimate of drug-likeness (QED) is 0.0648. The number of benzene rings is 4. The van der Waals surface area contributed by atoms with E-state index in [-0.39, 0.29) is 19.5 Å². The van der Waals surface area contributed by atoms with Gasteiger partial charge in [-0.3, -0.25) is 0 Å². The van der Waals surface area contributed by atoms with Crippen molar-refractivity contribution < 1.29 is 89.7 Å². The summed E-state index contributed by atoms with van der Waals surface area (Å²) in [5.74, 6) is -44.8. The van der Waals surface area contributed by atoms with E-state index in [1.54, 1.807) is 0 Å². The molecule has 25 heteroatoms. The molecular formula is C32F16N8Ru. The van der Waals surface area contributed by atoms with Crippen LogP contribution in [-0.2, 0) is 19.5 Å². The van der Waals surface area contributed by atoms with Crippen molar-refractivity contribution in [2.75, 3.05) is 0 Å². The summed E-state index contributed by atoms with van der Waals surface area (Å²) in [6.07, 6.45) is 0. The fourth-order valence-corrected chi connectivity index (χ4v) is 6.10. The summed E-state index contributed by atoms with van der Waals surface area (Å²) in [6.45, 7) is 0. The van der Waals surface area contributed by atoms with Crippen LogP contribution in [0.2, 0.25) is 0 Å². The SMILES string of the molecule is Fc1c(F)c(F)c2c(c1F)-c1nc-2nc2[n-]c(nc3nc(nc4[n-]c(n1)c1c(F)c(F)c(F)c(F)c41)-c1c(F)c(F)c(F)c(F)c1-3)c1c(F)c(F)c(F)c(F)c21.[Ru+2]. The second-order valence-corrected chi connectivity index (χ2v) is 11.5. The monoisotopic (exact) mass is 902 g/mol. The summed E-state index contributed by atoms with van der Waals surface area (Å²) < 4.78 is 240. The molecular weight excluding hydrogens is 901 g/mol. The molecule has 0 spiro atoms.